The Morgan fingerprint density at radius 3 is 2.60 bits per heavy atom. The molecule has 0 aliphatic rings. The number of hydrogen-bond donors (Lipinski definition) is 1. The molecule has 0 aliphatic carbocycles. The fraction of sp³-hybridized carbons (Fsp3) is 0.188. The standard InChI is InChI=1S/C16H16FN5O2S/c1-11-7-8-13(9-12(11)2)22-16(19-20-21-22)10-18-25(23,24)15-6-4-3-5-14(15)17/h3-9,18H,10H2,1-2H3. The SMILES string of the molecule is Cc1ccc(-n2nnnc2CNS(=O)(=O)c2ccccc2F)cc1C. The molecule has 130 valence electrons. The summed E-state index contributed by atoms with van der Waals surface area (Å²) in [6.07, 6.45) is 0. The molecule has 1 heterocycles. The van der Waals surface area contributed by atoms with Crippen LogP contribution in [-0.2, 0) is 16.6 Å². The summed E-state index contributed by atoms with van der Waals surface area (Å²) < 4.78 is 42.0. The fourth-order valence-corrected chi connectivity index (χ4v) is 3.33. The van der Waals surface area contributed by atoms with Crippen LogP contribution < -0.4 is 4.72 Å². The van der Waals surface area contributed by atoms with Crippen molar-refractivity contribution >= 4 is 10.0 Å². The molecule has 0 unspecified atom stereocenters. The number of benzene rings is 2. The quantitative estimate of drug-likeness (QED) is 0.750. The number of aromatic nitrogens is 4. The molecular formula is C16H16FN5O2S. The summed E-state index contributed by atoms with van der Waals surface area (Å²) >= 11 is 0. The van der Waals surface area contributed by atoms with Crippen LogP contribution in [0.15, 0.2) is 47.4 Å². The first kappa shape index (κ1) is 17.2. The van der Waals surface area contributed by atoms with Gasteiger partial charge in [0.1, 0.15) is 10.7 Å². The maximum atomic E-state index is 13.7. The molecular weight excluding hydrogens is 345 g/mol. The maximum absolute atomic E-state index is 13.7. The van der Waals surface area contributed by atoms with E-state index in [1.165, 1.54) is 22.9 Å². The third-order valence-electron chi connectivity index (χ3n) is 3.82. The van der Waals surface area contributed by atoms with Crippen LogP contribution in [0.4, 0.5) is 4.39 Å². The van der Waals surface area contributed by atoms with Crippen molar-refractivity contribution in [1.82, 2.24) is 24.9 Å². The van der Waals surface area contributed by atoms with E-state index >= 15 is 0 Å². The highest BCUT2D eigenvalue weighted by Crippen LogP contribution is 2.16. The first-order chi connectivity index (χ1) is 11.9. The van der Waals surface area contributed by atoms with Gasteiger partial charge >= 0.3 is 0 Å². The van der Waals surface area contributed by atoms with Gasteiger partial charge in [-0.05, 0) is 59.7 Å². The van der Waals surface area contributed by atoms with Gasteiger partial charge < -0.3 is 0 Å². The Morgan fingerprint density at radius 2 is 1.88 bits per heavy atom. The molecule has 0 fully saturated rings. The van der Waals surface area contributed by atoms with Gasteiger partial charge in [0.2, 0.25) is 10.0 Å². The average molecular weight is 361 g/mol. The van der Waals surface area contributed by atoms with Crippen molar-refractivity contribution in [3.05, 3.63) is 65.2 Å². The molecule has 1 aromatic heterocycles. The van der Waals surface area contributed by atoms with Crippen LogP contribution in [0.2, 0.25) is 0 Å². The number of halogens is 1. The van der Waals surface area contributed by atoms with Crippen LogP contribution in [0, 0.1) is 19.7 Å². The van der Waals surface area contributed by atoms with E-state index < -0.39 is 20.7 Å². The van der Waals surface area contributed by atoms with Crippen molar-refractivity contribution in [2.75, 3.05) is 0 Å². The van der Waals surface area contributed by atoms with Crippen LogP contribution in [0.3, 0.4) is 0 Å². The van der Waals surface area contributed by atoms with Crippen molar-refractivity contribution in [1.29, 1.82) is 0 Å². The van der Waals surface area contributed by atoms with Crippen LogP contribution in [0.25, 0.3) is 5.69 Å². The van der Waals surface area contributed by atoms with Crippen molar-refractivity contribution in [3.63, 3.8) is 0 Å². The highest BCUT2D eigenvalue weighted by atomic mass is 32.2. The lowest BCUT2D eigenvalue weighted by Crippen LogP contribution is -2.26. The summed E-state index contributed by atoms with van der Waals surface area (Å²) in [6, 6.07) is 10.8. The molecule has 0 amide bonds. The predicted octanol–water partition coefficient (Wildman–Crippen LogP) is 1.90. The molecule has 7 nitrogen and oxygen atoms in total. The highest BCUT2D eigenvalue weighted by molar-refractivity contribution is 7.89. The van der Waals surface area contributed by atoms with E-state index in [0.717, 1.165) is 17.2 Å². The molecule has 0 spiro atoms. The molecule has 3 aromatic rings. The molecule has 0 radical (unpaired) electrons. The van der Waals surface area contributed by atoms with Crippen molar-refractivity contribution < 1.29 is 12.8 Å². The second-order valence-electron chi connectivity index (χ2n) is 5.53. The Morgan fingerprint density at radius 1 is 1.12 bits per heavy atom. The minimum Gasteiger partial charge on any atom is -0.207 e. The molecule has 1 N–H and O–H groups in total. The third-order valence-corrected chi connectivity index (χ3v) is 5.25. The number of nitrogens with one attached hydrogen (secondary N) is 1. The minimum absolute atomic E-state index is 0.170. The number of sulfonamides is 1. The lowest BCUT2D eigenvalue weighted by Gasteiger charge is -2.09. The first-order valence-electron chi connectivity index (χ1n) is 7.47. The molecule has 0 aliphatic heterocycles. The van der Waals surface area contributed by atoms with Crippen LogP contribution in [0.1, 0.15) is 17.0 Å². The van der Waals surface area contributed by atoms with E-state index in [4.69, 9.17) is 0 Å². The van der Waals surface area contributed by atoms with E-state index in [9.17, 15) is 12.8 Å². The number of aryl methyl sites for hydroxylation is 2. The van der Waals surface area contributed by atoms with E-state index in [1.54, 1.807) is 0 Å². The number of hydrogen-bond acceptors (Lipinski definition) is 5. The zero-order valence-electron chi connectivity index (χ0n) is 13.6. The van der Waals surface area contributed by atoms with Gasteiger partial charge in [-0.3, -0.25) is 0 Å². The van der Waals surface area contributed by atoms with E-state index in [0.29, 0.717) is 11.5 Å². The van der Waals surface area contributed by atoms with Gasteiger partial charge in [-0.15, -0.1) is 5.10 Å². The monoisotopic (exact) mass is 361 g/mol. The van der Waals surface area contributed by atoms with Crippen LogP contribution in [-0.4, -0.2) is 28.6 Å². The minimum atomic E-state index is -4.01. The van der Waals surface area contributed by atoms with Gasteiger partial charge in [0.15, 0.2) is 5.82 Å². The molecule has 0 bridgehead atoms. The van der Waals surface area contributed by atoms with Crippen LogP contribution >= 0.6 is 0 Å². The third kappa shape index (κ3) is 3.57. The van der Waals surface area contributed by atoms with Gasteiger partial charge in [-0.25, -0.2) is 17.5 Å². The number of rotatable bonds is 5. The van der Waals surface area contributed by atoms with E-state index in [2.05, 4.69) is 20.2 Å². The highest BCUT2D eigenvalue weighted by Gasteiger charge is 2.20. The topological polar surface area (TPSA) is 89.8 Å². The van der Waals surface area contributed by atoms with Gasteiger partial charge in [-0.2, -0.15) is 4.68 Å². The van der Waals surface area contributed by atoms with Gasteiger partial charge in [0.05, 0.1) is 12.2 Å². The predicted molar refractivity (Wildman–Crippen MR) is 89.1 cm³/mol. The zero-order valence-corrected chi connectivity index (χ0v) is 14.5. The molecule has 25 heavy (non-hydrogen) atoms. The zero-order chi connectivity index (χ0) is 18.0. The Bertz CT molecular complexity index is 1020. The Kier molecular flexibility index (Phi) is 4.60. The summed E-state index contributed by atoms with van der Waals surface area (Å²) in [5, 5.41) is 11.3. The van der Waals surface area contributed by atoms with Crippen molar-refractivity contribution in [2.24, 2.45) is 0 Å². The molecule has 0 saturated heterocycles. The summed E-state index contributed by atoms with van der Waals surface area (Å²) in [5.41, 5.74) is 2.90. The second kappa shape index (κ2) is 6.69. The molecule has 3 rings (SSSR count). The second-order valence-corrected chi connectivity index (χ2v) is 7.27. The Hall–Kier alpha value is -2.65. The lowest BCUT2D eigenvalue weighted by atomic mass is 10.1. The summed E-state index contributed by atoms with van der Waals surface area (Å²) in [5.74, 6) is -0.521. The summed E-state index contributed by atoms with van der Waals surface area (Å²) in [6.45, 7) is 3.78. The molecule has 0 atom stereocenters. The summed E-state index contributed by atoms with van der Waals surface area (Å²) in [7, 11) is -4.01. The van der Waals surface area contributed by atoms with E-state index in [-0.39, 0.29) is 6.54 Å². The molecule has 0 saturated carbocycles. The van der Waals surface area contributed by atoms with E-state index in [1.807, 2.05) is 32.0 Å². The number of tetrazole rings is 1. The summed E-state index contributed by atoms with van der Waals surface area (Å²) in [4.78, 5) is -0.416. The van der Waals surface area contributed by atoms with Crippen LogP contribution in [0.5, 0.6) is 0 Å². The van der Waals surface area contributed by atoms with Crippen molar-refractivity contribution in [3.8, 4) is 5.69 Å². The van der Waals surface area contributed by atoms with Gasteiger partial charge in [0.25, 0.3) is 0 Å². The smallest absolute Gasteiger partial charge is 0.207 e. The fourth-order valence-electron chi connectivity index (χ4n) is 2.27. The van der Waals surface area contributed by atoms with Gasteiger partial charge in [-0.1, -0.05) is 18.2 Å². The van der Waals surface area contributed by atoms with Crippen molar-refractivity contribution in [2.45, 2.75) is 25.3 Å². The normalized spacial score (nSPS) is 11.6. The maximum Gasteiger partial charge on any atom is 0.243 e. The molecule has 9 heteroatoms. The number of nitrogens with zero attached hydrogens (tertiary/aromatic N) is 4. The van der Waals surface area contributed by atoms with Gasteiger partial charge in [0, 0.05) is 0 Å². The Balaban J connectivity index is 1.85. The first-order valence-corrected chi connectivity index (χ1v) is 8.96. The largest absolute Gasteiger partial charge is 0.243 e. The lowest BCUT2D eigenvalue weighted by molar-refractivity contribution is 0.554. The molecule has 2 aromatic carbocycles. The average Bonchev–Trinajstić information content (AvgIpc) is 3.04. The Labute approximate surface area is 144 Å².